The lowest BCUT2D eigenvalue weighted by Crippen LogP contribution is -2.28. The molecule has 0 aromatic carbocycles. The van der Waals surface area contributed by atoms with Gasteiger partial charge in [0, 0.05) is 18.9 Å². The Morgan fingerprint density at radius 2 is 2.04 bits per heavy atom. The van der Waals surface area contributed by atoms with Gasteiger partial charge in [0.2, 0.25) is 0 Å². The van der Waals surface area contributed by atoms with Gasteiger partial charge in [-0.15, -0.1) is 0 Å². The fourth-order valence-electron chi connectivity index (χ4n) is 3.75. The molecule has 1 aliphatic carbocycles. The van der Waals surface area contributed by atoms with Crippen LogP contribution in [0.5, 0.6) is 0 Å². The molecule has 0 amide bonds. The summed E-state index contributed by atoms with van der Waals surface area (Å²) < 4.78 is 5.46. The first kappa shape index (κ1) is 22.9. The first-order valence-corrected chi connectivity index (χ1v) is 10.3. The number of hydrogen-bond donors (Lipinski definition) is 2. The van der Waals surface area contributed by atoms with Gasteiger partial charge < -0.3 is 14.9 Å². The van der Waals surface area contributed by atoms with Crippen LogP contribution in [0, 0.1) is 5.41 Å². The minimum Gasteiger partial charge on any atom is -0.458 e. The van der Waals surface area contributed by atoms with Gasteiger partial charge in [0.25, 0.3) is 0 Å². The van der Waals surface area contributed by atoms with Gasteiger partial charge in [0.15, 0.2) is 0 Å². The minimum absolute atomic E-state index is 0.191. The number of aliphatic hydroxyl groups excluding tert-OH is 2. The highest BCUT2D eigenvalue weighted by Gasteiger charge is 2.39. The highest BCUT2D eigenvalue weighted by Crippen LogP contribution is 2.44. The summed E-state index contributed by atoms with van der Waals surface area (Å²) in [6.07, 6.45) is 18.4. The van der Waals surface area contributed by atoms with Crippen molar-refractivity contribution >= 4 is 5.97 Å². The molecule has 0 aromatic rings. The lowest BCUT2D eigenvalue weighted by atomic mass is 9.79. The van der Waals surface area contributed by atoms with Crippen LogP contribution in [-0.4, -0.2) is 35.0 Å². The van der Waals surface area contributed by atoms with Gasteiger partial charge >= 0.3 is 5.97 Å². The van der Waals surface area contributed by atoms with Gasteiger partial charge in [-0.1, -0.05) is 38.0 Å². The van der Waals surface area contributed by atoms with E-state index in [9.17, 15) is 9.90 Å². The lowest BCUT2D eigenvalue weighted by Gasteiger charge is -2.30. The average molecular weight is 367 g/mol. The molecular formula is C22H38O4. The summed E-state index contributed by atoms with van der Waals surface area (Å²) in [5.41, 5.74) is -0.204. The molecule has 4 nitrogen and oxygen atoms in total. The number of carbonyl (C=O) groups excluding carboxylic acids is 1. The zero-order valence-corrected chi connectivity index (χ0v) is 16.7. The van der Waals surface area contributed by atoms with Crippen LogP contribution in [0.25, 0.3) is 0 Å². The van der Waals surface area contributed by atoms with E-state index in [4.69, 9.17) is 9.84 Å². The minimum atomic E-state index is -0.321. The molecule has 1 fully saturated rings. The van der Waals surface area contributed by atoms with Crippen molar-refractivity contribution in [3.8, 4) is 0 Å². The zero-order valence-electron chi connectivity index (χ0n) is 16.7. The van der Waals surface area contributed by atoms with Gasteiger partial charge in [0.1, 0.15) is 6.10 Å². The van der Waals surface area contributed by atoms with Crippen molar-refractivity contribution in [2.75, 3.05) is 6.61 Å². The summed E-state index contributed by atoms with van der Waals surface area (Å²) in [4.78, 5) is 11.4. The van der Waals surface area contributed by atoms with E-state index in [1.165, 1.54) is 6.92 Å². The summed E-state index contributed by atoms with van der Waals surface area (Å²) in [5.74, 6) is -0.246. The fourth-order valence-corrected chi connectivity index (χ4v) is 3.75. The Morgan fingerprint density at radius 3 is 2.65 bits per heavy atom. The molecule has 1 rings (SSSR count). The monoisotopic (exact) mass is 366 g/mol. The maximum Gasteiger partial charge on any atom is 0.303 e. The Hall–Kier alpha value is -1.13. The second kappa shape index (κ2) is 13.1. The molecule has 4 heteroatoms. The Bertz CT molecular complexity index is 443. The predicted octanol–water partition coefficient (Wildman–Crippen LogP) is 4.69. The van der Waals surface area contributed by atoms with Crippen molar-refractivity contribution in [1.82, 2.24) is 0 Å². The van der Waals surface area contributed by atoms with Crippen molar-refractivity contribution in [2.24, 2.45) is 5.41 Å². The van der Waals surface area contributed by atoms with Crippen LogP contribution in [0.1, 0.15) is 84.5 Å². The van der Waals surface area contributed by atoms with E-state index in [-0.39, 0.29) is 30.2 Å². The standard InChI is InChI=1S/C22H38O4/c1-3-4-8-12-20(26-19(2)24)14-17-22(16-11-13-21(22)25)15-9-6-5-7-10-18-23/h5-6,14,17,20-21,23,25H,3-4,7-13,15-16,18H2,1-2H3. The Kier molecular flexibility index (Phi) is 11.5. The number of rotatable bonds is 13. The van der Waals surface area contributed by atoms with Crippen LogP contribution in [0.15, 0.2) is 24.3 Å². The van der Waals surface area contributed by atoms with Crippen molar-refractivity contribution in [3.63, 3.8) is 0 Å². The van der Waals surface area contributed by atoms with Crippen LogP contribution >= 0.6 is 0 Å². The lowest BCUT2D eigenvalue weighted by molar-refractivity contribution is -0.144. The third kappa shape index (κ3) is 8.50. The molecule has 0 spiro atoms. The van der Waals surface area contributed by atoms with E-state index in [0.29, 0.717) is 0 Å². The topological polar surface area (TPSA) is 66.8 Å². The molecule has 0 aliphatic heterocycles. The third-order valence-corrected chi connectivity index (χ3v) is 5.31. The molecule has 0 saturated heterocycles. The second-order valence-electron chi connectivity index (χ2n) is 7.52. The van der Waals surface area contributed by atoms with E-state index >= 15 is 0 Å². The molecule has 26 heavy (non-hydrogen) atoms. The molecule has 2 N–H and O–H groups in total. The predicted molar refractivity (Wildman–Crippen MR) is 106 cm³/mol. The van der Waals surface area contributed by atoms with E-state index in [2.05, 4.69) is 25.2 Å². The number of aliphatic hydroxyl groups is 2. The number of ether oxygens (including phenoxy) is 1. The van der Waals surface area contributed by atoms with Crippen LogP contribution in [0.4, 0.5) is 0 Å². The van der Waals surface area contributed by atoms with E-state index < -0.39 is 0 Å². The third-order valence-electron chi connectivity index (χ3n) is 5.31. The van der Waals surface area contributed by atoms with Crippen LogP contribution in [-0.2, 0) is 9.53 Å². The quantitative estimate of drug-likeness (QED) is 0.282. The summed E-state index contributed by atoms with van der Waals surface area (Å²) in [6.45, 7) is 3.85. The molecular weight excluding hydrogens is 328 g/mol. The maximum atomic E-state index is 11.4. The molecule has 0 aromatic heterocycles. The summed E-state index contributed by atoms with van der Waals surface area (Å²) in [6, 6.07) is 0. The molecule has 3 unspecified atom stereocenters. The number of allylic oxidation sites excluding steroid dienone is 2. The summed E-state index contributed by atoms with van der Waals surface area (Å²) in [7, 11) is 0. The van der Waals surface area contributed by atoms with Crippen molar-refractivity contribution in [3.05, 3.63) is 24.3 Å². The zero-order chi connectivity index (χ0) is 19.3. The van der Waals surface area contributed by atoms with Gasteiger partial charge in [-0.3, -0.25) is 4.79 Å². The summed E-state index contributed by atoms with van der Waals surface area (Å²) >= 11 is 0. The van der Waals surface area contributed by atoms with Crippen molar-refractivity contribution < 1.29 is 19.7 Å². The molecule has 150 valence electrons. The van der Waals surface area contributed by atoms with E-state index in [0.717, 1.165) is 70.6 Å². The van der Waals surface area contributed by atoms with Crippen LogP contribution in [0.3, 0.4) is 0 Å². The molecule has 3 atom stereocenters. The highest BCUT2D eigenvalue weighted by atomic mass is 16.5. The molecule has 0 radical (unpaired) electrons. The van der Waals surface area contributed by atoms with Gasteiger partial charge in [-0.25, -0.2) is 0 Å². The normalized spacial score (nSPS) is 24.5. The first-order chi connectivity index (χ1) is 12.5. The average Bonchev–Trinajstić information content (AvgIpc) is 2.96. The second-order valence-corrected chi connectivity index (χ2v) is 7.52. The SMILES string of the molecule is CCCCCC(C=CC1(CCC=CCCCO)CCCC1O)OC(C)=O. The number of carbonyl (C=O) groups is 1. The van der Waals surface area contributed by atoms with Gasteiger partial charge in [-0.05, 0) is 63.9 Å². The molecule has 1 aliphatic rings. The van der Waals surface area contributed by atoms with E-state index in [1.54, 1.807) is 0 Å². The Labute approximate surface area is 159 Å². The fraction of sp³-hybridized carbons (Fsp3) is 0.773. The van der Waals surface area contributed by atoms with Crippen molar-refractivity contribution in [2.45, 2.75) is 96.7 Å². The molecule has 0 heterocycles. The Balaban J connectivity index is 2.68. The largest absolute Gasteiger partial charge is 0.458 e. The van der Waals surface area contributed by atoms with Gasteiger partial charge in [0.05, 0.1) is 6.10 Å². The highest BCUT2D eigenvalue weighted by molar-refractivity contribution is 5.66. The summed E-state index contributed by atoms with van der Waals surface area (Å²) in [5, 5.41) is 19.4. The number of hydrogen-bond acceptors (Lipinski definition) is 4. The van der Waals surface area contributed by atoms with E-state index in [1.807, 2.05) is 6.08 Å². The maximum absolute atomic E-state index is 11.4. The van der Waals surface area contributed by atoms with Crippen LogP contribution in [0.2, 0.25) is 0 Å². The first-order valence-electron chi connectivity index (χ1n) is 10.3. The van der Waals surface area contributed by atoms with Gasteiger partial charge in [-0.2, -0.15) is 0 Å². The number of esters is 1. The molecule has 1 saturated carbocycles. The molecule has 0 bridgehead atoms. The van der Waals surface area contributed by atoms with Crippen molar-refractivity contribution in [1.29, 1.82) is 0 Å². The number of unbranched alkanes of at least 4 members (excludes halogenated alkanes) is 3. The smallest absolute Gasteiger partial charge is 0.303 e. The Morgan fingerprint density at radius 1 is 1.27 bits per heavy atom. The van der Waals surface area contributed by atoms with Crippen LogP contribution < -0.4 is 0 Å².